The highest BCUT2D eigenvalue weighted by molar-refractivity contribution is 7.89. The second-order valence-corrected chi connectivity index (χ2v) is 7.21. The molecule has 2 aromatic carbocycles. The van der Waals surface area contributed by atoms with E-state index in [1.165, 1.54) is 18.2 Å². The number of primary sulfonamides is 1. The first kappa shape index (κ1) is 22.9. The monoisotopic (exact) mass is 449 g/mol. The molecular weight excluding hydrogens is 435 g/mol. The van der Waals surface area contributed by atoms with Gasteiger partial charge in [-0.25, -0.2) is 13.6 Å². The number of hydrogen-bond donors (Lipinski definition) is 2. The molecule has 0 radical (unpaired) electrons. The van der Waals surface area contributed by atoms with E-state index in [1.54, 1.807) is 0 Å². The standard InChI is InChI=1S/C16H14F3N3O7S/c17-16(18,19)29-13-4-2-1-3-10(13)8-21-15(23)9-28-14-6-5-11(30(20,26)27)7-12(14)22(24)25/h1-7H,8-9H2,(H,21,23)(H2,20,26,27). The van der Waals surface area contributed by atoms with Gasteiger partial charge in [-0.2, -0.15) is 0 Å². The average Bonchev–Trinajstić information content (AvgIpc) is 2.63. The molecule has 0 unspecified atom stereocenters. The number of sulfonamides is 1. The van der Waals surface area contributed by atoms with Crippen molar-refractivity contribution in [3.63, 3.8) is 0 Å². The fraction of sp³-hybridized carbons (Fsp3) is 0.188. The molecule has 0 saturated heterocycles. The van der Waals surface area contributed by atoms with Crippen molar-refractivity contribution >= 4 is 21.6 Å². The molecular formula is C16H14F3N3O7S. The Labute approximate surface area is 167 Å². The predicted molar refractivity (Wildman–Crippen MR) is 94.9 cm³/mol. The van der Waals surface area contributed by atoms with Gasteiger partial charge in [-0.15, -0.1) is 13.2 Å². The molecule has 0 bridgehead atoms. The Morgan fingerprint density at radius 1 is 1.17 bits per heavy atom. The quantitative estimate of drug-likeness (QED) is 0.461. The van der Waals surface area contributed by atoms with Gasteiger partial charge in [-0.3, -0.25) is 14.9 Å². The van der Waals surface area contributed by atoms with Gasteiger partial charge in [-0.1, -0.05) is 18.2 Å². The van der Waals surface area contributed by atoms with E-state index >= 15 is 0 Å². The van der Waals surface area contributed by atoms with Crippen LogP contribution in [-0.4, -0.2) is 32.2 Å². The molecule has 3 N–H and O–H groups in total. The lowest BCUT2D eigenvalue weighted by Crippen LogP contribution is -2.29. The van der Waals surface area contributed by atoms with Crippen molar-refractivity contribution in [1.29, 1.82) is 0 Å². The molecule has 0 heterocycles. The lowest BCUT2D eigenvalue weighted by atomic mass is 10.2. The molecule has 0 fully saturated rings. The van der Waals surface area contributed by atoms with Gasteiger partial charge < -0.3 is 14.8 Å². The molecule has 0 atom stereocenters. The van der Waals surface area contributed by atoms with E-state index in [9.17, 15) is 36.5 Å². The normalized spacial score (nSPS) is 11.6. The van der Waals surface area contributed by atoms with E-state index in [0.29, 0.717) is 6.07 Å². The highest BCUT2D eigenvalue weighted by Gasteiger charge is 2.32. The Bertz CT molecular complexity index is 1060. The SMILES string of the molecule is NS(=O)(=O)c1ccc(OCC(=O)NCc2ccccc2OC(F)(F)F)c([N+](=O)[O-])c1. The summed E-state index contributed by atoms with van der Waals surface area (Å²) in [5.74, 6) is -1.70. The molecule has 0 spiro atoms. The van der Waals surface area contributed by atoms with Gasteiger partial charge in [-0.05, 0) is 18.2 Å². The number of carbonyl (C=O) groups excluding carboxylic acids is 1. The van der Waals surface area contributed by atoms with Crippen LogP contribution in [0.5, 0.6) is 11.5 Å². The molecule has 0 aliphatic heterocycles. The Balaban J connectivity index is 2.03. The first-order valence-electron chi connectivity index (χ1n) is 7.91. The molecule has 0 aliphatic carbocycles. The first-order chi connectivity index (χ1) is 13.9. The summed E-state index contributed by atoms with van der Waals surface area (Å²) in [7, 11) is -4.19. The summed E-state index contributed by atoms with van der Waals surface area (Å²) < 4.78 is 68.7. The summed E-state index contributed by atoms with van der Waals surface area (Å²) >= 11 is 0. The highest BCUT2D eigenvalue weighted by Crippen LogP contribution is 2.29. The van der Waals surface area contributed by atoms with Gasteiger partial charge in [0.2, 0.25) is 10.0 Å². The van der Waals surface area contributed by atoms with Crippen LogP contribution in [0.2, 0.25) is 0 Å². The molecule has 10 nitrogen and oxygen atoms in total. The lowest BCUT2D eigenvalue weighted by molar-refractivity contribution is -0.386. The third kappa shape index (κ3) is 6.59. The van der Waals surface area contributed by atoms with Crippen molar-refractivity contribution in [3.05, 3.63) is 58.1 Å². The lowest BCUT2D eigenvalue weighted by Gasteiger charge is -2.14. The Morgan fingerprint density at radius 3 is 2.43 bits per heavy atom. The van der Waals surface area contributed by atoms with Crippen molar-refractivity contribution in [2.24, 2.45) is 5.14 Å². The number of halogens is 3. The number of amides is 1. The van der Waals surface area contributed by atoms with E-state index in [2.05, 4.69) is 10.1 Å². The number of carbonyl (C=O) groups is 1. The Hall–Kier alpha value is -3.39. The van der Waals surface area contributed by atoms with Gasteiger partial charge >= 0.3 is 12.0 Å². The molecule has 1 amide bonds. The van der Waals surface area contributed by atoms with Crippen LogP contribution in [0.15, 0.2) is 47.4 Å². The van der Waals surface area contributed by atoms with Crippen LogP contribution in [0.25, 0.3) is 0 Å². The Kier molecular flexibility index (Phi) is 6.84. The Morgan fingerprint density at radius 2 is 1.83 bits per heavy atom. The zero-order valence-electron chi connectivity index (χ0n) is 14.9. The minimum atomic E-state index is -4.91. The molecule has 14 heteroatoms. The fourth-order valence-corrected chi connectivity index (χ4v) is 2.73. The van der Waals surface area contributed by atoms with Crippen LogP contribution < -0.4 is 19.9 Å². The number of alkyl halides is 3. The van der Waals surface area contributed by atoms with Gasteiger partial charge in [0, 0.05) is 18.2 Å². The second-order valence-electron chi connectivity index (χ2n) is 5.65. The third-order valence-electron chi connectivity index (χ3n) is 3.49. The van der Waals surface area contributed by atoms with Crippen LogP contribution in [0.3, 0.4) is 0 Å². The number of hydrogen-bond acceptors (Lipinski definition) is 7. The van der Waals surface area contributed by atoms with Gasteiger partial charge in [0.1, 0.15) is 5.75 Å². The van der Waals surface area contributed by atoms with Crippen LogP contribution in [0.1, 0.15) is 5.56 Å². The van der Waals surface area contributed by atoms with Gasteiger partial charge in [0.15, 0.2) is 12.4 Å². The molecule has 0 aromatic heterocycles. The number of nitro benzene ring substituents is 1. The van der Waals surface area contributed by atoms with Crippen LogP contribution in [-0.2, 0) is 21.4 Å². The maximum absolute atomic E-state index is 12.4. The number of nitro groups is 1. The summed E-state index contributed by atoms with van der Waals surface area (Å²) in [6, 6.07) is 7.73. The summed E-state index contributed by atoms with van der Waals surface area (Å²) in [6.45, 7) is -1.06. The molecule has 2 aromatic rings. The zero-order chi connectivity index (χ0) is 22.5. The predicted octanol–water partition coefficient (Wildman–Crippen LogP) is 1.84. The second kappa shape index (κ2) is 8.96. The van der Waals surface area contributed by atoms with E-state index in [-0.39, 0.29) is 12.1 Å². The van der Waals surface area contributed by atoms with Crippen molar-refractivity contribution in [2.75, 3.05) is 6.61 Å². The number of nitrogens with zero attached hydrogens (tertiary/aromatic N) is 1. The number of benzene rings is 2. The van der Waals surface area contributed by atoms with Crippen LogP contribution in [0, 0.1) is 10.1 Å². The van der Waals surface area contributed by atoms with E-state index < -0.39 is 55.9 Å². The van der Waals surface area contributed by atoms with Gasteiger partial charge in [0.25, 0.3) is 5.91 Å². The molecule has 30 heavy (non-hydrogen) atoms. The molecule has 2 rings (SSSR count). The number of nitrogens with two attached hydrogens (primary N) is 1. The van der Waals surface area contributed by atoms with Crippen molar-refractivity contribution < 1.29 is 40.8 Å². The number of rotatable bonds is 8. The molecule has 162 valence electrons. The largest absolute Gasteiger partial charge is 0.573 e. The fourth-order valence-electron chi connectivity index (χ4n) is 2.20. The summed E-state index contributed by atoms with van der Waals surface area (Å²) in [5.41, 5.74) is -0.704. The maximum Gasteiger partial charge on any atom is 0.573 e. The smallest absolute Gasteiger partial charge is 0.477 e. The minimum Gasteiger partial charge on any atom is -0.477 e. The maximum atomic E-state index is 12.4. The van der Waals surface area contributed by atoms with Crippen molar-refractivity contribution in [3.8, 4) is 11.5 Å². The topological polar surface area (TPSA) is 151 Å². The highest BCUT2D eigenvalue weighted by atomic mass is 32.2. The minimum absolute atomic E-state index is 0.0339. The summed E-state index contributed by atoms with van der Waals surface area (Å²) in [6.07, 6.45) is -4.91. The van der Waals surface area contributed by atoms with Crippen molar-refractivity contribution in [2.45, 2.75) is 17.8 Å². The average molecular weight is 449 g/mol. The number of para-hydroxylation sites is 1. The van der Waals surface area contributed by atoms with E-state index in [1.807, 2.05) is 0 Å². The number of ether oxygens (including phenoxy) is 2. The zero-order valence-corrected chi connectivity index (χ0v) is 15.7. The van der Waals surface area contributed by atoms with Crippen molar-refractivity contribution in [1.82, 2.24) is 5.32 Å². The number of nitrogens with one attached hydrogen (secondary N) is 1. The summed E-state index contributed by atoms with van der Waals surface area (Å²) in [4.78, 5) is 21.6. The van der Waals surface area contributed by atoms with Crippen LogP contribution in [0.4, 0.5) is 18.9 Å². The molecule has 0 saturated carbocycles. The van der Waals surface area contributed by atoms with Crippen LogP contribution >= 0.6 is 0 Å². The summed E-state index contributed by atoms with van der Waals surface area (Å²) in [5, 5.41) is 18.3. The van der Waals surface area contributed by atoms with E-state index in [0.717, 1.165) is 18.2 Å². The van der Waals surface area contributed by atoms with E-state index in [4.69, 9.17) is 9.88 Å². The molecule has 0 aliphatic rings. The third-order valence-corrected chi connectivity index (χ3v) is 4.40. The van der Waals surface area contributed by atoms with Gasteiger partial charge in [0.05, 0.1) is 9.82 Å². The first-order valence-corrected chi connectivity index (χ1v) is 9.46.